The van der Waals surface area contributed by atoms with E-state index in [1.54, 1.807) is 0 Å². The fraction of sp³-hybridized carbons (Fsp3) is 0.524. The highest BCUT2D eigenvalue weighted by molar-refractivity contribution is 14.0. The zero-order valence-electron chi connectivity index (χ0n) is 16.9. The fourth-order valence-electron chi connectivity index (χ4n) is 2.63. The maximum absolute atomic E-state index is 5.97. The van der Waals surface area contributed by atoms with E-state index in [0.717, 1.165) is 47.8 Å². The van der Waals surface area contributed by atoms with Crippen LogP contribution in [0.2, 0.25) is 0 Å². The van der Waals surface area contributed by atoms with Crippen LogP contribution in [0.15, 0.2) is 39.8 Å². The fourth-order valence-corrected chi connectivity index (χ4v) is 2.63. The first kappa shape index (κ1) is 22.5. The first-order chi connectivity index (χ1) is 13.2. The van der Waals surface area contributed by atoms with Gasteiger partial charge in [0, 0.05) is 18.2 Å². The summed E-state index contributed by atoms with van der Waals surface area (Å²) in [4.78, 5) is 4.70. The lowest BCUT2D eigenvalue weighted by Crippen LogP contribution is -2.36. The summed E-state index contributed by atoms with van der Waals surface area (Å²) in [6, 6.07) is 10.1. The number of benzene rings is 1. The summed E-state index contributed by atoms with van der Waals surface area (Å²) in [7, 11) is 0. The molecule has 0 amide bonds. The Morgan fingerprint density at radius 1 is 1.29 bits per heavy atom. The van der Waals surface area contributed by atoms with Crippen LogP contribution in [0, 0.1) is 5.92 Å². The molecule has 0 spiro atoms. The van der Waals surface area contributed by atoms with Crippen molar-refractivity contribution in [2.75, 3.05) is 13.2 Å². The second-order valence-corrected chi connectivity index (χ2v) is 7.28. The van der Waals surface area contributed by atoms with Crippen LogP contribution in [-0.2, 0) is 13.1 Å². The Balaban J connectivity index is 0.00000280. The number of hydrogen-bond acceptors (Lipinski definition) is 4. The van der Waals surface area contributed by atoms with E-state index in [1.165, 1.54) is 12.8 Å². The van der Waals surface area contributed by atoms with Crippen molar-refractivity contribution in [3.63, 3.8) is 0 Å². The molecule has 0 unspecified atom stereocenters. The number of para-hydroxylation sites is 1. The van der Waals surface area contributed by atoms with Crippen LogP contribution in [0.5, 0.6) is 5.75 Å². The molecule has 1 heterocycles. The highest BCUT2D eigenvalue weighted by Crippen LogP contribution is 2.30. The SMILES string of the molecule is CCNC(=NCc1ccccc1OCC1CC1)NCc1cc(C(C)C)no1.I. The summed E-state index contributed by atoms with van der Waals surface area (Å²) >= 11 is 0. The van der Waals surface area contributed by atoms with Gasteiger partial charge in [0.2, 0.25) is 0 Å². The van der Waals surface area contributed by atoms with Crippen LogP contribution in [0.3, 0.4) is 0 Å². The monoisotopic (exact) mass is 498 g/mol. The summed E-state index contributed by atoms with van der Waals surface area (Å²) in [6.07, 6.45) is 2.57. The van der Waals surface area contributed by atoms with Gasteiger partial charge in [0.05, 0.1) is 25.4 Å². The molecule has 154 valence electrons. The van der Waals surface area contributed by atoms with Crippen LogP contribution >= 0.6 is 24.0 Å². The molecule has 0 radical (unpaired) electrons. The number of nitrogens with one attached hydrogen (secondary N) is 2. The molecule has 1 fully saturated rings. The topological polar surface area (TPSA) is 71.7 Å². The number of ether oxygens (including phenoxy) is 1. The normalized spacial score (nSPS) is 13.9. The van der Waals surface area contributed by atoms with Gasteiger partial charge in [-0.3, -0.25) is 0 Å². The maximum atomic E-state index is 5.97. The van der Waals surface area contributed by atoms with E-state index in [2.05, 4.69) is 42.6 Å². The molecule has 28 heavy (non-hydrogen) atoms. The highest BCUT2D eigenvalue weighted by Gasteiger charge is 2.22. The summed E-state index contributed by atoms with van der Waals surface area (Å²) < 4.78 is 11.4. The number of rotatable bonds is 9. The van der Waals surface area contributed by atoms with E-state index in [-0.39, 0.29) is 24.0 Å². The van der Waals surface area contributed by atoms with Gasteiger partial charge in [-0.2, -0.15) is 0 Å². The lowest BCUT2D eigenvalue weighted by atomic mass is 10.1. The number of guanidine groups is 1. The summed E-state index contributed by atoms with van der Waals surface area (Å²) in [5.74, 6) is 3.57. The van der Waals surface area contributed by atoms with Crippen LogP contribution in [0.1, 0.15) is 56.5 Å². The van der Waals surface area contributed by atoms with E-state index < -0.39 is 0 Å². The molecule has 2 N–H and O–H groups in total. The lowest BCUT2D eigenvalue weighted by Gasteiger charge is -2.12. The van der Waals surface area contributed by atoms with Crippen molar-refractivity contribution in [1.82, 2.24) is 15.8 Å². The summed E-state index contributed by atoms with van der Waals surface area (Å²) in [6.45, 7) is 8.96. The molecule has 0 bridgehead atoms. The largest absolute Gasteiger partial charge is 0.493 e. The molecule has 0 saturated heterocycles. The number of aromatic nitrogens is 1. The van der Waals surface area contributed by atoms with Gasteiger partial charge in [0.1, 0.15) is 5.75 Å². The number of aliphatic imine (C=N–C) groups is 1. The Morgan fingerprint density at radius 2 is 2.07 bits per heavy atom. The van der Waals surface area contributed by atoms with Crippen molar-refractivity contribution in [2.45, 2.75) is 52.6 Å². The summed E-state index contributed by atoms with van der Waals surface area (Å²) in [5, 5.41) is 10.7. The van der Waals surface area contributed by atoms with Gasteiger partial charge < -0.3 is 19.9 Å². The second-order valence-electron chi connectivity index (χ2n) is 7.28. The van der Waals surface area contributed by atoms with Crippen LogP contribution in [0.25, 0.3) is 0 Å². The Morgan fingerprint density at radius 3 is 2.75 bits per heavy atom. The molecule has 7 heteroatoms. The molecular weight excluding hydrogens is 467 g/mol. The van der Waals surface area contributed by atoms with E-state index in [4.69, 9.17) is 14.3 Å². The Kier molecular flexibility index (Phi) is 9.08. The molecule has 1 aliphatic rings. The van der Waals surface area contributed by atoms with Crippen molar-refractivity contribution in [3.05, 3.63) is 47.3 Å². The smallest absolute Gasteiger partial charge is 0.191 e. The Labute approximate surface area is 184 Å². The predicted octanol–water partition coefficient (Wildman–Crippen LogP) is 4.46. The van der Waals surface area contributed by atoms with Gasteiger partial charge in [-0.05, 0) is 37.7 Å². The zero-order valence-corrected chi connectivity index (χ0v) is 19.2. The Bertz CT molecular complexity index is 756. The standard InChI is InChI=1S/C21H30N4O2.HI/c1-4-22-21(24-13-18-11-19(15(2)3)25-27-18)23-12-17-7-5-6-8-20(17)26-14-16-9-10-16;/h5-8,11,15-16H,4,9-10,12-14H2,1-3H3,(H2,22,23,24);1H. The third-order valence-corrected chi connectivity index (χ3v) is 4.49. The third-order valence-electron chi connectivity index (χ3n) is 4.49. The molecule has 3 rings (SSSR count). The van der Waals surface area contributed by atoms with Crippen molar-refractivity contribution in [1.29, 1.82) is 0 Å². The predicted molar refractivity (Wildman–Crippen MR) is 122 cm³/mol. The molecule has 2 aromatic rings. The van der Waals surface area contributed by atoms with Crippen LogP contribution in [0.4, 0.5) is 0 Å². The van der Waals surface area contributed by atoms with Crippen molar-refractivity contribution in [2.24, 2.45) is 10.9 Å². The van der Waals surface area contributed by atoms with Crippen molar-refractivity contribution < 1.29 is 9.26 Å². The minimum atomic E-state index is 0. The van der Waals surface area contributed by atoms with E-state index in [0.29, 0.717) is 19.0 Å². The molecule has 1 aromatic carbocycles. The number of hydrogen-bond donors (Lipinski definition) is 2. The first-order valence-electron chi connectivity index (χ1n) is 9.84. The minimum absolute atomic E-state index is 0. The second kappa shape index (κ2) is 11.3. The first-order valence-corrected chi connectivity index (χ1v) is 9.84. The molecule has 1 saturated carbocycles. The van der Waals surface area contributed by atoms with Gasteiger partial charge in [0.25, 0.3) is 0 Å². The third kappa shape index (κ3) is 7.00. The number of halogens is 1. The molecule has 0 aliphatic heterocycles. The molecule has 1 aromatic heterocycles. The van der Waals surface area contributed by atoms with Crippen LogP contribution < -0.4 is 15.4 Å². The van der Waals surface area contributed by atoms with E-state index >= 15 is 0 Å². The van der Waals surface area contributed by atoms with Crippen molar-refractivity contribution >= 4 is 29.9 Å². The van der Waals surface area contributed by atoms with Crippen LogP contribution in [-0.4, -0.2) is 24.3 Å². The van der Waals surface area contributed by atoms with Gasteiger partial charge in [0.15, 0.2) is 11.7 Å². The molecular formula is C21H31IN4O2. The average Bonchev–Trinajstić information content (AvgIpc) is 3.37. The van der Waals surface area contributed by atoms with Gasteiger partial charge in [-0.15, -0.1) is 24.0 Å². The maximum Gasteiger partial charge on any atom is 0.191 e. The highest BCUT2D eigenvalue weighted by atomic mass is 127. The summed E-state index contributed by atoms with van der Waals surface area (Å²) in [5.41, 5.74) is 2.06. The number of nitrogens with zero attached hydrogens (tertiary/aromatic N) is 2. The van der Waals surface area contributed by atoms with E-state index in [9.17, 15) is 0 Å². The van der Waals surface area contributed by atoms with Crippen molar-refractivity contribution in [3.8, 4) is 5.75 Å². The zero-order chi connectivity index (χ0) is 19.1. The molecule has 1 aliphatic carbocycles. The lowest BCUT2D eigenvalue weighted by molar-refractivity contribution is 0.297. The van der Waals surface area contributed by atoms with Gasteiger partial charge in [-0.25, -0.2) is 4.99 Å². The van der Waals surface area contributed by atoms with E-state index in [1.807, 2.05) is 24.3 Å². The minimum Gasteiger partial charge on any atom is -0.493 e. The Hall–Kier alpha value is -1.77. The van der Waals surface area contributed by atoms with Gasteiger partial charge >= 0.3 is 0 Å². The van der Waals surface area contributed by atoms with Gasteiger partial charge in [-0.1, -0.05) is 37.2 Å². The molecule has 0 atom stereocenters. The average molecular weight is 498 g/mol. The molecule has 6 nitrogen and oxygen atoms in total. The quantitative estimate of drug-likeness (QED) is 0.304.